The van der Waals surface area contributed by atoms with E-state index in [1.54, 1.807) is 28.7 Å². The highest BCUT2D eigenvalue weighted by Crippen LogP contribution is 2.31. The van der Waals surface area contributed by atoms with E-state index in [0.29, 0.717) is 18.0 Å². The summed E-state index contributed by atoms with van der Waals surface area (Å²) < 4.78 is 8.75. The molecule has 104 valence electrons. The predicted molar refractivity (Wildman–Crippen MR) is 73.7 cm³/mol. The third-order valence-electron chi connectivity index (χ3n) is 3.37. The van der Waals surface area contributed by atoms with Gasteiger partial charge in [-0.1, -0.05) is 6.07 Å². The van der Waals surface area contributed by atoms with Gasteiger partial charge >= 0.3 is 0 Å². The number of aliphatic hydroxyl groups excluding tert-OH is 1. The fraction of sp³-hybridized carbons (Fsp3) is 0.286. The predicted octanol–water partition coefficient (Wildman–Crippen LogP) is 1.64. The van der Waals surface area contributed by atoms with Gasteiger partial charge in [0.1, 0.15) is 11.8 Å². The lowest BCUT2D eigenvalue weighted by Crippen LogP contribution is -2.10. The summed E-state index contributed by atoms with van der Waals surface area (Å²) in [4.78, 5) is 0. The van der Waals surface area contributed by atoms with Crippen molar-refractivity contribution in [2.75, 3.05) is 7.11 Å². The van der Waals surface area contributed by atoms with Crippen LogP contribution in [0.1, 0.15) is 24.3 Å². The third-order valence-corrected chi connectivity index (χ3v) is 3.37. The van der Waals surface area contributed by atoms with Gasteiger partial charge in [0, 0.05) is 18.3 Å². The Bertz CT molecular complexity index is 710. The van der Waals surface area contributed by atoms with E-state index in [-0.39, 0.29) is 0 Å². The van der Waals surface area contributed by atoms with E-state index in [9.17, 15) is 5.11 Å². The first-order valence-electron chi connectivity index (χ1n) is 6.46. The number of aromatic nitrogens is 4. The molecule has 20 heavy (non-hydrogen) atoms. The normalized spacial score (nSPS) is 12.8. The lowest BCUT2D eigenvalue weighted by atomic mass is 10.1. The Morgan fingerprint density at radius 2 is 2.15 bits per heavy atom. The van der Waals surface area contributed by atoms with Gasteiger partial charge < -0.3 is 9.84 Å². The van der Waals surface area contributed by atoms with Crippen molar-refractivity contribution >= 4 is 5.52 Å². The number of nitrogens with zero attached hydrogens (tertiary/aromatic N) is 4. The molecule has 0 fully saturated rings. The van der Waals surface area contributed by atoms with Crippen LogP contribution < -0.4 is 4.74 Å². The minimum Gasteiger partial charge on any atom is -0.493 e. The van der Waals surface area contributed by atoms with Crippen molar-refractivity contribution in [2.45, 2.75) is 19.6 Å². The number of methoxy groups -OCH3 is 1. The molecule has 6 nitrogen and oxygen atoms in total. The summed E-state index contributed by atoms with van der Waals surface area (Å²) in [6.45, 7) is 2.63. The zero-order chi connectivity index (χ0) is 14.1. The second-order valence-electron chi connectivity index (χ2n) is 4.45. The monoisotopic (exact) mass is 272 g/mol. The SMILES string of the molecule is CCn1ncc(OC)c1C(O)c1cnn2ccccc12. The largest absolute Gasteiger partial charge is 0.493 e. The maximum Gasteiger partial charge on any atom is 0.163 e. The molecule has 0 radical (unpaired) electrons. The van der Waals surface area contributed by atoms with Gasteiger partial charge in [0.2, 0.25) is 0 Å². The summed E-state index contributed by atoms with van der Waals surface area (Å²) in [5, 5.41) is 19.2. The van der Waals surface area contributed by atoms with Crippen molar-refractivity contribution in [3.8, 4) is 5.75 Å². The molecule has 0 aliphatic rings. The number of pyridine rings is 1. The van der Waals surface area contributed by atoms with Gasteiger partial charge in [-0.15, -0.1) is 0 Å². The Hall–Kier alpha value is -2.34. The molecule has 3 aromatic rings. The highest BCUT2D eigenvalue weighted by Gasteiger charge is 2.23. The minimum atomic E-state index is -0.827. The number of ether oxygens (including phenoxy) is 1. The molecule has 0 aromatic carbocycles. The molecule has 3 heterocycles. The topological polar surface area (TPSA) is 64.6 Å². The zero-order valence-corrected chi connectivity index (χ0v) is 11.4. The first-order valence-corrected chi connectivity index (χ1v) is 6.46. The van der Waals surface area contributed by atoms with Gasteiger partial charge in [0.05, 0.1) is 25.0 Å². The molecule has 1 unspecified atom stereocenters. The highest BCUT2D eigenvalue weighted by atomic mass is 16.5. The van der Waals surface area contributed by atoms with E-state index in [4.69, 9.17) is 4.74 Å². The lowest BCUT2D eigenvalue weighted by Gasteiger charge is -2.13. The lowest BCUT2D eigenvalue weighted by molar-refractivity contribution is 0.204. The van der Waals surface area contributed by atoms with E-state index in [0.717, 1.165) is 11.1 Å². The maximum atomic E-state index is 10.7. The smallest absolute Gasteiger partial charge is 0.163 e. The van der Waals surface area contributed by atoms with Gasteiger partial charge in [-0.3, -0.25) is 4.68 Å². The molecule has 0 aliphatic carbocycles. The van der Waals surface area contributed by atoms with Crippen LogP contribution in [0.4, 0.5) is 0 Å². The summed E-state index contributed by atoms with van der Waals surface area (Å²) >= 11 is 0. The van der Waals surface area contributed by atoms with E-state index in [1.165, 1.54) is 0 Å². The Morgan fingerprint density at radius 3 is 2.90 bits per heavy atom. The molecular formula is C14H16N4O2. The van der Waals surface area contributed by atoms with Crippen LogP contribution >= 0.6 is 0 Å². The van der Waals surface area contributed by atoms with Crippen molar-refractivity contribution in [3.63, 3.8) is 0 Å². The van der Waals surface area contributed by atoms with E-state index < -0.39 is 6.10 Å². The Balaban J connectivity index is 2.13. The number of hydrogen-bond donors (Lipinski definition) is 1. The quantitative estimate of drug-likeness (QED) is 0.784. The molecule has 3 aromatic heterocycles. The average Bonchev–Trinajstić information content (AvgIpc) is 3.10. The molecule has 0 saturated carbocycles. The Morgan fingerprint density at radius 1 is 1.30 bits per heavy atom. The number of fused-ring (bicyclic) bond motifs is 1. The van der Waals surface area contributed by atoms with Crippen LogP contribution in [0.25, 0.3) is 5.52 Å². The maximum absolute atomic E-state index is 10.7. The molecule has 0 spiro atoms. The van der Waals surface area contributed by atoms with Crippen LogP contribution in [0.2, 0.25) is 0 Å². The molecule has 0 aliphatic heterocycles. The van der Waals surface area contributed by atoms with Gasteiger partial charge in [-0.2, -0.15) is 10.2 Å². The third kappa shape index (κ3) is 1.85. The minimum absolute atomic E-state index is 0.578. The van der Waals surface area contributed by atoms with Crippen LogP contribution in [0, 0.1) is 0 Å². The molecule has 6 heteroatoms. The van der Waals surface area contributed by atoms with Crippen molar-refractivity contribution in [2.24, 2.45) is 0 Å². The number of hydrogen-bond acceptors (Lipinski definition) is 4. The number of rotatable bonds is 4. The first kappa shape index (κ1) is 12.7. The van der Waals surface area contributed by atoms with Crippen LogP contribution in [0.15, 0.2) is 36.8 Å². The van der Waals surface area contributed by atoms with Crippen LogP contribution in [0.3, 0.4) is 0 Å². The van der Waals surface area contributed by atoms with Crippen LogP contribution in [-0.2, 0) is 6.54 Å². The van der Waals surface area contributed by atoms with Crippen LogP contribution in [-0.4, -0.2) is 31.6 Å². The molecule has 1 atom stereocenters. The second-order valence-corrected chi connectivity index (χ2v) is 4.45. The van der Waals surface area contributed by atoms with E-state index in [1.807, 2.05) is 31.3 Å². The Kier molecular flexibility index (Phi) is 3.15. The summed E-state index contributed by atoms with van der Waals surface area (Å²) in [6.07, 6.45) is 4.31. The summed E-state index contributed by atoms with van der Waals surface area (Å²) in [5.41, 5.74) is 2.25. The van der Waals surface area contributed by atoms with Gasteiger partial charge in [-0.25, -0.2) is 4.52 Å². The average molecular weight is 272 g/mol. The number of aryl methyl sites for hydroxylation is 1. The van der Waals surface area contributed by atoms with E-state index in [2.05, 4.69) is 10.2 Å². The molecule has 1 N–H and O–H groups in total. The van der Waals surface area contributed by atoms with Gasteiger partial charge in [0.15, 0.2) is 5.75 Å². The van der Waals surface area contributed by atoms with Gasteiger partial charge in [-0.05, 0) is 19.1 Å². The molecular weight excluding hydrogens is 256 g/mol. The first-order chi connectivity index (χ1) is 9.76. The zero-order valence-electron chi connectivity index (χ0n) is 11.4. The van der Waals surface area contributed by atoms with Crippen molar-refractivity contribution in [1.82, 2.24) is 19.4 Å². The molecule has 3 rings (SSSR count). The molecule has 0 amide bonds. The second kappa shape index (κ2) is 4.97. The number of aliphatic hydroxyl groups is 1. The Labute approximate surface area is 116 Å². The fourth-order valence-corrected chi connectivity index (χ4v) is 2.38. The molecule has 0 saturated heterocycles. The summed E-state index contributed by atoms with van der Waals surface area (Å²) in [6, 6.07) is 5.74. The van der Waals surface area contributed by atoms with Gasteiger partial charge in [0.25, 0.3) is 0 Å². The van der Waals surface area contributed by atoms with E-state index >= 15 is 0 Å². The summed E-state index contributed by atoms with van der Waals surface area (Å²) in [7, 11) is 1.57. The van der Waals surface area contributed by atoms with Crippen molar-refractivity contribution in [1.29, 1.82) is 0 Å². The molecule has 0 bridgehead atoms. The van der Waals surface area contributed by atoms with Crippen molar-refractivity contribution in [3.05, 3.63) is 48.0 Å². The standard InChI is InChI=1S/C14H16N4O2/c1-3-17-13(12(20-2)9-16-17)14(19)10-8-15-18-7-5-4-6-11(10)18/h4-9,14,19H,3H2,1-2H3. The summed E-state index contributed by atoms with van der Waals surface area (Å²) in [5.74, 6) is 0.578. The van der Waals surface area contributed by atoms with Crippen molar-refractivity contribution < 1.29 is 9.84 Å². The fourth-order valence-electron chi connectivity index (χ4n) is 2.38. The highest BCUT2D eigenvalue weighted by molar-refractivity contribution is 5.56. The van der Waals surface area contributed by atoms with Crippen LogP contribution in [0.5, 0.6) is 5.75 Å².